The van der Waals surface area contributed by atoms with Crippen LogP contribution in [0.5, 0.6) is 5.75 Å². The van der Waals surface area contributed by atoms with Crippen LogP contribution in [0.25, 0.3) is 11.0 Å². The lowest BCUT2D eigenvalue weighted by molar-refractivity contribution is 0.415. The molecule has 1 unspecified atom stereocenters. The first-order valence-corrected chi connectivity index (χ1v) is 6.85. The molecule has 1 heterocycles. The summed E-state index contributed by atoms with van der Waals surface area (Å²) in [6.45, 7) is 7.33. The Labute approximate surface area is 114 Å². The maximum Gasteiger partial charge on any atom is 0.121 e. The van der Waals surface area contributed by atoms with Gasteiger partial charge in [-0.05, 0) is 25.0 Å². The number of aromatic nitrogens is 2. The van der Waals surface area contributed by atoms with E-state index >= 15 is 0 Å². The van der Waals surface area contributed by atoms with E-state index in [0.717, 1.165) is 35.6 Å². The van der Waals surface area contributed by atoms with Crippen LogP contribution < -0.4 is 10.5 Å². The molecule has 0 spiro atoms. The van der Waals surface area contributed by atoms with Crippen LogP contribution in [0.1, 0.15) is 26.6 Å². The van der Waals surface area contributed by atoms with Crippen LogP contribution in [0.4, 0.5) is 0 Å². The first-order chi connectivity index (χ1) is 9.06. The van der Waals surface area contributed by atoms with Crippen molar-refractivity contribution in [2.75, 3.05) is 7.11 Å². The van der Waals surface area contributed by atoms with Crippen molar-refractivity contribution in [2.24, 2.45) is 11.7 Å². The van der Waals surface area contributed by atoms with E-state index in [0.29, 0.717) is 5.92 Å². The Morgan fingerprint density at radius 1 is 1.37 bits per heavy atom. The third kappa shape index (κ3) is 2.73. The molecule has 1 aromatic heterocycles. The van der Waals surface area contributed by atoms with E-state index in [-0.39, 0.29) is 6.04 Å². The molecule has 1 aromatic carbocycles. The molecule has 0 fully saturated rings. The maximum atomic E-state index is 6.17. The van der Waals surface area contributed by atoms with Crippen LogP contribution in [0.15, 0.2) is 18.2 Å². The second kappa shape index (κ2) is 5.61. The van der Waals surface area contributed by atoms with Crippen LogP contribution in [0.2, 0.25) is 0 Å². The molecule has 1 atom stereocenters. The standard InChI is InChI=1S/C15H23N3O/c1-5-18-14-7-6-11(19-4)8-13(14)17-15(18)9-12(16)10(2)3/h6-8,10,12H,5,9,16H2,1-4H3. The van der Waals surface area contributed by atoms with Crippen LogP contribution in [0.3, 0.4) is 0 Å². The fraction of sp³-hybridized carbons (Fsp3) is 0.533. The van der Waals surface area contributed by atoms with E-state index in [9.17, 15) is 0 Å². The molecule has 0 radical (unpaired) electrons. The second-order valence-corrected chi connectivity index (χ2v) is 5.24. The van der Waals surface area contributed by atoms with Gasteiger partial charge in [-0.2, -0.15) is 0 Å². The summed E-state index contributed by atoms with van der Waals surface area (Å²) in [4.78, 5) is 4.72. The zero-order valence-corrected chi connectivity index (χ0v) is 12.2. The van der Waals surface area contributed by atoms with Gasteiger partial charge >= 0.3 is 0 Å². The lowest BCUT2D eigenvalue weighted by Gasteiger charge is -2.15. The van der Waals surface area contributed by atoms with Crippen molar-refractivity contribution in [1.82, 2.24) is 9.55 Å². The zero-order valence-electron chi connectivity index (χ0n) is 12.2. The summed E-state index contributed by atoms with van der Waals surface area (Å²) in [7, 11) is 1.67. The molecule has 2 aromatic rings. The molecule has 0 amide bonds. The lowest BCUT2D eigenvalue weighted by Crippen LogP contribution is -2.30. The average Bonchev–Trinajstić information content (AvgIpc) is 2.74. The van der Waals surface area contributed by atoms with Gasteiger partial charge in [-0.25, -0.2) is 4.98 Å². The second-order valence-electron chi connectivity index (χ2n) is 5.24. The summed E-state index contributed by atoms with van der Waals surface area (Å²) in [6, 6.07) is 6.16. The summed E-state index contributed by atoms with van der Waals surface area (Å²) in [5.41, 5.74) is 8.30. The number of fused-ring (bicyclic) bond motifs is 1. The van der Waals surface area contributed by atoms with Crippen LogP contribution in [-0.4, -0.2) is 22.7 Å². The zero-order chi connectivity index (χ0) is 14.0. The Bertz CT molecular complexity index is 560. The monoisotopic (exact) mass is 261 g/mol. The Morgan fingerprint density at radius 2 is 2.11 bits per heavy atom. The minimum atomic E-state index is 0.143. The number of hydrogen-bond acceptors (Lipinski definition) is 3. The summed E-state index contributed by atoms with van der Waals surface area (Å²) >= 11 is 0. The van der Waals surface area contributed by atoms with Crippen molar-refractivity contribution in [3.63, 3.8) is 0 Å². The molecule has 0 aliphatic carbocycles. The average molecular weight is 261 g/mol. The Morgan fingerprint density at radius 3 is 2.68 bits per heavy atom. The van der Waals surface area contributed by atoms with Gasteiger partial charge in [0.25, 0.3) is 0 Å². The molecule has 0 aliphatic heterocycles. The molecule has 0 aliphatic rings. The Hall–Kier alpha value is -1.55. The summed E-state index contributed by atoms with van der Waals surface area (Å²) in [5.74, 6) is 2.36. The SMILES string of the molecule is CCn1c(CC(N)C(C)C)nc2cc(OC)ccc21. The van der Waals surface area contributed by atoms with Gasteiger partial charge in [-0.15, -0.1) is 0 Å². The number of benzene rings is 1. The predicted molar refractivity (Wildman–Crippen MR) is 78.5 cm³/mol. The summed E-state index contributed by atoms with van der Waals surface area (Å²) in [6.07, 6.45) is 0.808. The van der Waals surface area contributed by atoms with E-state index in [2.05, 4.69) is 31.4 Å². The number of hydrogen-bond donors (Lipinski definition) is 1. The molecule has 0 bridgehead atoms. The molecule has 19 heavy (non-hydrogen) atoms. The highest BCUT2D eigenvalue weighted by atomic mass is 16.5. The maximum absolute atomic E-state index is 6.17. The normalized spacial score (nSPS) is 13.2. The molecule has 2 rings (SSSR count). The van der Waals surface area contributed by atoms with Crippen molar-refractivity contribution in [3.05, 3.63) is 24.0 Å². The molecule has 104 valence electrons. The van der Waals surface area contributed by atoms with Crippen molar-refractivity contribution in [1.29, 1.82) is 0 Å². The molecule has 4 heteroatoms. The summed E-state index contributed by atoms with van der Waals surface area (Å²) in [5, 5.41) is 0. The molecule has 0 saturated carbocycles. The first-order valence-electron chi connectivity index (χ1n) is 6.85. The van der Waals surface area contributed by atoms with Crippen molar-refractivity contribution >= 4 is 11.0 Å². The summed E-state index contributed by atoms with van der Waals surface area (Å²) < 4.78 is 7.48. The lowest BCUT2D eigenvalue weighted by atomic mass is 10.0. The van der Waals surface area contributed by atoms with E-state index in [1.165, 1.54) is 0 Å². The first kappa shape index (κ1) is 13.9. The smallest absolute Gasteiger partial charge is 0.121 e. The third-order valence-corrected chi connectivity index (χ3v) is 3.63. The van der Waals surface area contributed by atoms with Gasteiger partial charge in [0.05, 0.1) is 18.1 Å². The van der Waals surface area contributed by atoms with Gasteiger partial charge in [0.15, 0.2) is 0 Å². The molecular weight excluding hydrogens is 238 g/mol. The van der Waals surface area contributed by atoms with E-state index < -0.39 is 0 Å². The minimum Gasteiger partial charge on any atom is -0.497 e. The fourth-order valence-corrected chi connectivity index (χ4v) is 2.24. The highest BCUT2D eigenvalue weighted by Gasteiger charge is 2.15. The van der Waals surface area contributed by atoms with Crippen molar-refractivity contribution in [2.45, 2.75) is 39.8 Å². The van der Waals surface area contributed by atoms with Gasteiger partial charge in [0.2, 0.25) is 0 Å². The van der Waals surface area contributed by atoms with Gasteiger partial charge in [-0.3, -0.25) is 0 Å². The number of nitrogens with zero attached hydrogens (tertiary/aromatic N) is 2. The van der Waals surface area contributed by atoms with Crippen molar-refractivity contribution < 1.29 is 4.74 Å². The van der Waals surface area contributed by atoms with E-state index in [1.54, 1.807) is 7.11 Å². The largest absolute Gasteiger partial charge is 0.497 e. The Kier molecular flexibility index (Phi) is 4.10. The van der Waals surface area contributed by atoms with Crippen LogP contribution >= 0.6 is 0 Å². The Balaban J connectivity index is 2.43. The molecule has 4 nitrogen and oxygen atoms in total. The quantitative estimate of drug-likeness (QED) is 0.900. The van der Waals surface area contributed by atoms with E-state index in [4.69, 9.17) is 15.5 Å². The predicted octanol–water partition coefficient (Wildman–Crippen LogP) is 2.59. The van der Waals surface area contributed by atoms with Gasteiger partial charge in [0, 0.05) is 25.1 Å². The number of ether oxygens (including phenoxy) is 1. The number of imidazole rings is 1. The molecule has 0 saturated heterocycles. The van der Waals surface area contributed by atoms with Gasteiger partial charge in [-0.1, -0.05) is 13.8 Å². The number of nitrogens with two attached hydrogens (primary N) is 1. The van der Waals surface area contributed by atoms with Crippen molar-refractivity contribution in [3.8, 4) is 5.75 Å². The third-order valence-electron chi connectivity index (χ3n) is 3.63. The highest BCUT2D eigenvalue weighted by molar-refractivity contribution is 5.77. The van der Waals surface area contributed by atoms with Gasteiger partial charge < -0.3 is 15.0 Å². The minimum absolute atomic E-state index is 0.143. The molecule has 2 N–H and O–H groups in total. The number of rotatable bonds is 5. The van der Waals surface area contributed by atoms with Crippen LogP contribution in [-0.2, 0) is 13.0 Å². The highest BCUT2D eigenvalue weighted by Crippen LogP contribution is 2.22. The van der Waals surface area contributed by atoms with E-state index in [1.807, 2.05) is 12.1 Å². The topological polar surface area (TPSA) is 53.1 Å². The van der Waals surface area contributed by atoms with Crippen LogP contribution in [0, 0.1) is 5.92 Å². The molecular formula is C15H23N3O. The number of methoxy groups -OCH3 is 1. The fourth-order valence-electron chi connectivity index (χ4n) is 2.24. The number of aryl methyl sites for hydroxylation is 1. The van der Waals surface area contributed by atoms with Gasteiger partial charge in [0.1, 0.15) is 11.6 Å².